The molecule has 2 rings (SSSR count). The van der Waals surface area contributed by atoms with Crippen LogP contribution in [0.4, 0.5) is 0 Å². The molecule has 1 heterocycles. The van der Waals surface area contributed by atoms with Crippen LogP contribution in [-0.4, -0.2) is 60.2 Å². The largest absolute Gasteiger partial charge is 0.496 e. The molecule has 7 nitrogen and oxygen atoms in total. The van der Waals surface area contributed by atoms with E-state index in [4.69, 9.17) is 14.2 Å². The molecule has 0 bridgehead atoms. The third kappa shape index (κ3) is 3.54. The Balaban J connectivity index is 2.50. The molecular formula is C15H24N2O5S. The molecule has 1 atom stereocenters. The minimum atomic E-state index is -3.73. The predicted molar refractivity (Wildman–Crippen MR) is 86.9 cm³/mol. The average molecular weight is 344 g/mol. The summed E-state index contributed by atoms with van der Waals surface area (Å²) >= 11 is 0. The van der Waals surface area contributed by atoms with Crippen LogP contribution in [0.15, 0.2) is 17.0 Å². The lowest BCUT2D eigenvalue weighted by atomic mass is 10.1. The van der Waals surface area contributed by atoms with Crippen molar-refractivity contribution in [2.75, 3.05) is 41.5 Å². The van der Waals surface area contributed by atoms with Gasteiger partial charge in [0.2, 0.25) is 0 Å². The molecule has 0 spiro atoms. The van der Waals surface area contributed by atoms with Crippen molar-refractivity contribution in [2.45, 2.75) is 23.8 Å². The van der Waals surface area contributed by atoms with Crippen LogP contribution in [0.3, 0.4) is 0 Å². The van der Waals surface area contributed by atoms with Gasteiger partial charge in [-0.1, -0.05) is 0 Å². The van der Waals surface area contributed by atoms with Gasteiger partial charge in [-0.25, -0.2) is 8.42 Å². The van der Waals surface area contributed by atoms with Crippen molar-refractivity contribution in [1.82, 2.24) is 9.62 Å². The van der Waals surface area contributed by atoms with Gasteiger partial charge in [0.15, 0.2) is 4.90 Å². The molecule has 0 saturated carbocycles. The summed E-state index contributed by atoms with van der Waals surface area (Å²) in [5, 5.41) is 3.14. The van der Waals surface area contributed by atoms with Gasteiger partial charge >= 0.3 is 0 Å². The molecule has 1 aromatic carbocycles. The van der Waals surface area contributed by atoms with Gasteiger partial charge in [0.05, 0.1) is 21.3 Å². The minimum absolute atomic E-state index is 0.0417. The molecule has 1 N–H and O–H groups in total. The van der Waals surface area contributed by atoms with Gasteiger partial charge in [0.25, 0.3) is 10.0 Å². The van der Waals surface area contributed by atoms with Crippen LogP contribution in [0, 0.1) is 0 Å². The number of ether oxygens (including phenoxy) is 3. The lowest BCUT2D eigenvalue weighted by Crippen LogP contribution is -2.46. The van der Waals surface area contributed by atoms with E-state index in [1.54, 1.807) is 12.1 Å². The maximum absolute atomic E-state index is 13.1. The second-order valence-corrected chi connectivity index (χ2v) is 7.23. The zero-order chi connectivity index (χ0) is 17.0. The number of piperidine rings is 1. The molecule has 0 radical (unpaired) electrons. The zero-order valence-electron chi connectivity index (χ0n) is 14.0. The van der Waals surface area contributed by atoms with Gasteiger partial charge in [-0.2, -0.15) is 4.31 Å². The summed E-state index contributed by atoms with van der Waals surface area (Å²) in [6.07, 6.45) is 1.77. The highest BCUT2D eigenvalue weighted by atomic mass is 32.2. The molecule has 130 valence electrons. The van der Waals surface area contributed by atoms with Crippen molar-refractivity contribution in [3.05, 3.63) is 12.1 Å². The smallest absolute Gasteiger partial charge is 0.250 e. The first-order valence-electron chi connectivity index (χ1n) is 7.45. The second-order valence-electron chi connectivity index (χ2n) is 5.35. The average Bonchev–Trinajstić information content (AvgIpc) is 2.60. The summed E-state index contributed by atoms with van der Waals surface area (Å²) in [4.78, 5) is 0.0417. The van der Waals surface area contributed by atoms with Gasteiger partial charge in [-0.05, 0) is 19.9 Å². The Kier molecular flexibility index (Phi) is 5.72. The first kappa shape index (κ1) is 17.8. The highest BCUT2D eigenvalue weighted by Gasteiger charge is 2.35. The first-order chi connectivity index (χ1) is 11.0. The molecule has 1 saturated heterocycles. The van der Waals surface area contributed by atoms with Crippen LogP contribution in [-0.2, 0) is 10.0 Å². The topological polar surface area (TPSA) is 77.1 Å². The number of hydrogen-bond donors (Lipinski definition) is 1. The maximum atomic E-state index is 13.1. The zero-order valence-corrected chi connectivity index (χ0v) is 14.8. The van der Waals surface area contributed by atoms with Crippen LogP contribution >= 0.6 is 0 Å². The van der Waals surface area contributed by atoms with E-state index in [1.165, 1.54) is 25.6 Å². The van der Waals surface area contributed by atoms with Crippen LogP contribution in [0.1, 0.15) is 12.8 Å². The Labute approximate surface area is 137 Å². The van der Waals surface area contributed by atoms with E-state index >= 15 is 0 Å². The lowest BCUT2D eigenvalue weighted by Gasteiger charge is -2.32. The molecule has 1 fully saturated rings. The fourth-order valence-electron chi connectivity index (χ4n) is 2.75. The number of sulfonamides is 1. The number of nitrogens with one attached hydrogen (secondary N) is 1. The third-order valence-corrected chi connectivity index (χ3v) is 5.99. The molecule has 8 heteroatoms. The second kappa shape index (κ2) is 7.37. The number of likely N-dealkylation sites (N-methyl/N-ethyl adjacent to an activating group) is 1. The van der Waals surface area contributed by atoms with Crippen molar-refractivity contribution < 1.29 is 22.6 Å². The number of methoxy groups -OCH3 is 3. The SMILES string of the molecule is CNC1CCCN(S(=O)(=O)c2c(OC)cc(OC)cc2OC)C1. The monoisotopic (exact) mass is 344 g/mol. The lowest BCUT2D eigenvalue weighted by molar-refractivity contribution is 0.289. The molecule has 0 amide bonds. The van der Waals surface area contributed by atoms with E-state index in [2.05, 4.69) is 5.32 Å². The van der Waals surface area contributed by atoms with E-state index in [1.807, 2.05) is 7.05 Å². The quantitative estimate of drug-likeness (QED) is 0.832. The van der Waals surface area contributed by atoms with Crippen molar-refractivity contribution in [1.29, 1.82) is 0 Å². The normalized spacial score (nSPS) is 19.4. The maximum Gasteiger partial charge on any atom is 0.250 e. The van der Waals surface area contributed by atoms with E-state index in [0.717, 1.165) is 12.8 Å². The van der Waals surface area contributed by atoms with Crippen molar-refractivity contribution in [3.8, 4) is 17.2 Å². The molecule has 1 aliphatic heterocycles. The standard InChI is InChI=1S/C15H24N2O5S/c1-16-11-6-5-7-17(10-11)23(18,19)15-13(21-3)8-12(20-2)9-14(15)22-4/h8-9,11,16H,5-7,10H2,1-4H3. The number of hydrogen-bond acceptors (Lipinski definition) is 6. The van der Waals surface area contributed by atoms with Gasteiger partial charge in [-0.3, -0.25) is 0 Å². The van der Waals surface area contributed by atoms with Crippen LogP contribution in [0.25, 0.3) is 0 Å². The van der Waals surface area contributed by atoms with Crippen molar-refractivity contribution in [2.24, 2.45) is 0 Å². The number of benzene rings is 1. The van der Waals surface area contributed by atoms with Crippen LogP contribution in [0.5, 0.6) is 17.2 Å². The fraction of sp³-hybridized carbons (Fsp3) is 0.600. The Morgan fingerprint density at radius 3 is 2.22 bits per heavy atom. The van der Waals surface area contributed by atoms with Gasteiger partial charge in [0.1, 0.15) is 17.2 Å². The van der Waals surface area contributed by atoms with Crippen molar-refractivity contribution in [3.63, 3.8) is 0 Å². The van der Waals surface area contributed by atoms with E-state index in [9.17, 15) is 8.42 Å². The summed E-state index contributed by atoms with van der Waals surface area (Å²) in [5.74, 6) is 0.907. The van der Waals surface area contributed by atoms with Gasteiger partial charge < -0.3 is 19.5 Å². The predicted octanol–water partition coefficient (Wildman–Crippen LogP) is 1.08. The molecule has 1 aliphatic rings. The summed E-state index contributed by atoms with van der Waals surface area (Å²) < 4.78 is 43.4. The number of rotatable bonds is 6. The fourth-order valence-corrected chi connectivity index (χ4v) is 4.55. The molecule has 23 heavy (non-hydrogen) atoms. The number of nitrogens with zero attached hydrogens (tertiary/aromatic N) is 1. The third-order valence-electron chi connectivity index (χ3n) is 4.06. The minimum Gasteiger partial charge on any atom is -0.496 e. The van der Waals surface area contributed by atoms with E-state index in [-0.39, 0.29) is 22.4 Å². The Morgan fingerprint density at radius 2 is 1.74 bits per heavy atom. The molecule has 0 aromatic heterocycles. The summed E-state index contributed by atoms with van der Waals surface area (Å²) in [7, 11) is 2.48. The molecule has 1 aromatic rings. The molecular weight excluding hydrogens is 320 g/mol. The summed E-state index contributed by atoms with van der Waals surface area (Å²) in [5.41, 5.74) is 0. The van der Waals surface area contributed by atoms with Crippen LogP contribution in [0.2, 0.25) is 0 Å². The van der Waals surface area contributed by atoms with Crippen LogP contribution < -0.4 is 19.5 Å². The molecule has 1 unspecified atom stereocenters. The molecule has 0 aliphatic carbocycles. The Morgan fingerprint density at radius 1 is 1.13 bits per heavy atom. The van der Waals surface area contributed by atoms with E-state index < -0.39 is 10.0 Å². The van der Waals surface area contributed by atoms with Crippen molar-refractivity contribution >= 4 is 10.0 Å². The van der Waals surface area contributed by atoms with Gasteiger partial charge in [-0.15, -0.1) is 0 Å². The highest BCUT2D eigenvalue weighted by molar-refractivity contribution is 7.89. The van der Waals surface area contributed by atoms with E-state index in [0.29, 0.717) is 18.8 Å². The Hall–Kier alpha value is -1.51. The summed E-state index contributed by atoms with van der Waals surface area (Å²) in [6, 6.07) is 3.25. The van der Waals surface area contributed by atoms with Gasteiger partial charge in [0, 0.05) is 31.3 Å². The first-order valence-corrected chi connectivity index (χ1v) is 8.89. The highest BCUT2D eigenvalue weighted by Crippen LogP contribution is 2.39. The Bertz CT molecular complexity index is 622. The summed E-state index contributed by atoms with van der Waals surface area (Å²) in [6.45, 7) is 0.913.